The normalized spacial score (nSPS) is 14.8. The highest BCUT2D eigenvalue weighted by Gasteiger charge is 2.16. The van der Waals surface area contributed by atoms with Gasteiger partial charge in [0.15, 0.2) is 11.5 Å². The van der Waals surface area contributed by atoms with Gasteiger partial charge in [-0.3, -0.25) is 4.79 Å². The van der Waals surface area contributed by atoms with Gasteiger partial charge in [0.2, 0.25) is 5.91 Å². The molecule has 0 aromatic heterocycles. The quantitative estimate of drug-likeness (QED) is 0.835. The van der Waals surface area contributed by atoms with Gasteiger partial charge in [-0.05, 0) is 35.8 Å². The van der Waals surface area contributed by atoms with Gasteiger partial charge >= 0.3 is 0 Å². The first-order chi connectivity index (χ1) is 12.3. The smallest absolute Gasteiger partial charge is 0.244 e. The molecule has 25 heavy (non-hydrogen) atoms. The summed E-state index contributed by atoms with van der Waals surface area (Å²) in [7, 11) is 0. The zero-order chi connectivity index (χ0) is 17.5. The number of carbonyl (C=O) groups is 1. The maximum absolute atomic E-state index is 12.2. The SMILES string of the molecule is CC[C@@H](NC(=O)/C=C/c1ccccc1)c1ccc2c(c1)OCCCO2. The third-order valence-corrected chi connectivity index (χ3v) is 4.13. The molecular formula is C21H23NO3. The van der Waals surface area contributed by atoms with Crippen molar-refractivity contribution in [1.29, 1.82) is 0 Å². The van der Waals surface area contributed by atoms with Crippen LogP contribution in [0.3, 0.4) is 0 Å². The van der Waals surface area contributed by atoms with Crippen LogP contribution in [0, 0.1) is 0 Å². The predicted molar refractivity (Wildman–Crippen MR) is 98.7 cm³/mol. The van der Waals surface area contributed by atoms with Gasteiger partial charge in [0.05, 0.1) is 19.3 Å². The van der Waals surface area contributed by atoms with Gasteiger partial charge in [0, 0.05) is 12.5 Å². The van der Waals surface area contributed by atoms with Crippen LogP contribution in [0.25, 0.3) is 6.08 Å². The summed E-state index contributed by atoms with van der Waals surface area (Å²) >= 11 is 0. The van der Waals surface area contributed by atoms with Crippen molar-refractivity contribution in [1.82, 2.24) is 5.32 Å². The highest BCUT2D eigenvalue weighted by atomic mass is 16.5. The second kappa shape index (κ2) is 8.38. The highest BCUT2D eigenvalue weighted by molar-refractivity contribution is 5.92. The number of nitrogens with one attached hydrogen (secondary N) is 1. The Hall–Kier alpha value is -2.75. The van der Waals surface area contributed by atoms with Gasteiger partial charge in [-0.15, -0.1) is 0 Å². The molecule has 2 aromatic carbocycles. The van der Waals surface area contributed by atoms with E-state index in [9.17, 15) is 4.79 Å². The molecule has 2 aromatic rings. The summed E-state index contributed by atoms with van der Waals surface area (Å²) in [5, 5.41) is 3.05. The standard InChI is InChI=1S/C21H23NO3/c1-2-18(22-21(23)12-9-16-7-4-3-5-8-16)17-10-11-19-20(15-17)25-14-6-13-24-19/h3-5,7-12,15,18H,2,6,13-14H2,1H3,(H,22,23)/b12-9+/t18-/m1/s1. The molecule has 0 saturated carbocycles. The van der Waals surface area contributed by atoms with E-state index in [1.807, 2.05) is 54.6 Å². The molecule has 0 saturated heterocycles. The lowest BCUT2D eigenvalue weighted by molar-refractivity contribution is -0.117. The van der Waals surface area contributed by atoms with Crippen LogP contribution in [-0.4, -0.2) is 19.1 Å². The Labute approximate surface area is 148 Å². The van der Waals surface area contributed by atoms with Crippen LogP contribution in [-0.2, 0) is 4.79 Å². The number of fused-ring (bicyclic) bond motifs is 1. The minimum atomic E-state index is -0.109. The average molecular weight is 337 g/mol. The lowest BCUT2D eigenvalue weighted by Crippen LogP contribution is -2.26. The number of hydrogen-bond acceptors (Lipinski definition) is 3. The summed E-state index contributed by atoms with van der Waals surface area (Å²) in [5.74, 6) is 1.41. The molecule has 1 N–H and O–H groups in total. The van der Waals surface area contributed by atoms with E-state index in [-0.39, 0.29) is 11.9 Å². The topological polar surface area (TPSA) is 47.6 Å². The van der Waals surface area contributed by atoms with E-state index in [1.54, 1.807) is 6.08 Å². The number of rotatable bonds is 5. The molecule has 0 unspecified atom stereocenters. The fraction of sp³-hybridized carbons (Fsp3) is 0.286. The van der Waals surface area contributed by atoms with Crippen LogP contribution in [0.5, 0.6) is 11.5 Å². The minimum absolute atomic E-state index is 0.0647. The van der Waals surface area contributed by atoms with E-state index < -0.39 is 0 Å². The van der Waals surface area contributed by atoms with E-state index in [4.69, 9.17) is 9.47 Å². The molecule has 4 nitrogen and oxygen atoms in total. The van der Waals surface area contributed by atoms with E-state index in [0.717, 1.165) is 35.5 Å². The van der Waals surface area contributed by atoms with Crippen molar-refractivity contribution in [3.8, 4) is 11.5 Å². The van der Waals surface area contributed by atoms with Crippen molar-refractivity contribution in [2.45, 2.75) is 25.8 Å². The molecule has 1 atom stereocenters. The van der Waals surface area contributed by atoms with Crippen molar-refractivity contribution < 1.29 is 14.3 Å². The molecule has 1 aliphatic heterocycles. The fourth-order valence-electron chi connectivity index (χ4n) is 2.77. The Kier molecular flexibility index (Phi) is 5.73. The first-order valence-electron chi connectivity index (χ1n) is 8.69. The first kappa shape index (κ1) is 17.1. The molecule has 3 rings (SSSR count). The maximum Gasteiger partial charge on any atom is 0.244 e. The van der Waals surface area contributed by atoms with Crippen LogP contribution in [0.4, 0.5) is 0 Å². The largest absolute Gasteiger partial charge is 0.490 e. The van der Waals surface area contributed by atoms with Crippen LogP contribution in [0.1, 0.15) is 36.9 Å². The van der Waals surface area contributed by atoms with Crippen molar-refractivity contribution >= 4 is 12.0 Å². The third-order valence-electron chi connectivity index (χ3n) is 4.13. The molecule has 0 fully saturated rings. The van der Waals surface area contributed by atoms with Gasteiger partial charge in [0.1, 0.15) is 0 Å². The summed E-state index contributed by atoms with van der Waals surface area (Å²) in [5.41, 5.74) is 2.02. The van der Waals surface area contributed by atoms with Gasteiger partial charge < -0.3 is 14.8 Å². The molecule has 1 heterocycles. The molecule has 0 aliphatic carbocycles. The Morgan fingerprint density at radius 1 is 1.12 bits per heavy atom. The number of hydrogen-bond donors (Lipinski definition) is 1. The van der Waals surface area contributed by atoms with Crippen molar-refractivity contribution in [2.24, 2.45) is 0 Å². The van der Waals surface area contributed by atoms with Crippen LogP contribution < -0.4 is 14.8 Å². The van der Waals surface area contributed by atoms with E-state index in [1.165, 1.54) is 0 Å². The molecule has 0 bridgehead atoms. The summed E-state index contributed by atoms with van der Waals surface area (Å²) in [6.07, 6.45) is 5.06. The lowest BCUT2D eigenvalue weighted by Gasteiger charge is -2.18. The Bertz CT molecular complexity index is 740. The minimum Gasteiger partial charge on any atom is -0.490 e. The molecule has 0 radical (unpaired) electrons. The Morgan fingerprint density at radius 2 is 1.88 bits per heavy atom. The summed E-state index contributed by atoms with van der Waals surface area (Å²) in [6.45, 7) is 3.37. The zero-order valence-corrected chi connectivity index (χ0v) is 14.4. The Morgan fingerprint density at radius 3 is 2.64 bits per heavy atom. The van der Waals surface area contributed by atoms with E-state index in [2.05, 4.69) is 12.2 Å². The van der Waals surface area contributed by atoms with Gasteiger partial charge in [0.25, 0.3) is 0 Å². The second-order valence-corrected chi connectivity index (χ2v) is 5.97. The molecule has 1 amide bonds. The van der Waals surface area contributed by atoms with E-state index >= 15 is 0 Å². The number of ether oxygens (including phenoxy) is 2. The molecule has 130 valence electrons. The predicted octanol–water partition coefficient (Wildman–Crippen LogP) is 4.13. The van der Waals surface area contributed by atoms with Crippen molar-refractivity contribution in [3.63, 3.8) is 0 Å². The zero-order valence-electron chi connectivity index (χ0n) is 14.4. The molecular weight excluding hydrogens is 314 g/mol. The van der Waals surface area contributed by atoms with Crippen LogP contribution >= 0.6 is 0 Å². The monoisotopic (exact) mass is 337 g/mol. The maximum atomic E-state index is 12.2. The summed E-state index contributed by atoms with van der Waals surface area (Å²) in [4.78, 5) is 12.2. The molecule has 1 aliphatic rings. The van der Waals surface area contributed by atoms with E-state index in [0.29, 0.717) is 13.2 Å². The van der Waals surface area contributed by atoms with Gasteiger partial charge in [-0.25, -0.2) is 0 Å². The second-order valence-electron chi connectivity index (χ2n) is 5.97. The first-order valence-corrected chi connectivity index (χ1v) is 8.69. The van der Waals surface area contributed by atoms with Crippen LogP contribution in [0.15, 0.2) is 54.6 Å². The summed E-state index contributed by atoms with van der Waals surface area (Å²) < 4.78 is 11.4. The number of carbonyl (C=O) groups excluding carboxylic acids is 1. The Balaban J connectivity index is 1.69. The van der Waals surface area contributed by atoms with Gasteiger partial charge in [-0.1, -0.05) is 43.3 Å². The fourth-order valence-corrected chi connectivity index (χ4v) is 2.77. The third kappa shape index (κ3) is 4.63. The molecule has 0 spiro atoms. The van der Waals surface area contributed by atoms with Crippen molar-refractivity contribution in [2.75, 3.05) is 13.2 Å². The van der Waals surface area contributed by atoms with Crippen molar-refractivity contribution in [3.05, 3.63) is 65.7 Å². The summed E-state index contributed by atoms with van der Waals surface area (Å²) in [6, 6.07) is 15.6. The van der Waals surface area contributed by atoms with Crippen LogP contribution in [0.2, 0.25) is 0 Å². The number of benzene rings is 2. The lowest BCUT2D eigenvalue weighted by atomic mass is 10.0. The van der Waals surface area contributed by atoms with Gasteiger partial charge in [-0.2, -0.15) is 0 Å². The number of amides is 1. The average Bonchev–Trinajstić information content (AvgIpc) is 2.90. The molecule has 4 heteroatoms. The highest BCUT2D eigenvalue weighted by Crippen LogP contribution is 2.33.